The fraction of sp³-hybridized carbons (Fsp3) is 0.350. The number of para-hydroxylation sites is 1. The van der Waals surface area contributed by atoms with Crippen molar-refractivity contribution in [2.45, 2.75) is 19.4 Å². The maximum absolute atomic E-state index is 5.63. The molecule has 3 heterocycles. The lowest BCUT2D eigenvalue weighted by molar-refractivity contribution is 0.287. The number of nitrogens with one attached hydrogen (secondary N) is 1. The van der Waals surface area contributed by atoms with Crippen molar-refractivity contribution in [2.75, 3.05) is 31.5 Å². The molecule has 1 saturated heterocycles. The number of anilines is 1. The van der Waals surface area contributed by atoms with Gasteiger partial charge in [-0.2, -0.15) is 4.98 Å². The Morgan fingerprint density at radius 3 is 2.70 bits per heavy atom. The van der Waals surface area contributed by atoms with E-state index in [4.69, 9.17) is 9.26 Å². The first-order chi connectivity index (χ1) is 13.4. The zero-order valence-electron chi connectivity index (χ0n) is 15.2. The van der Waals surface area contributed by atoms with Crippen LogP contribution in [0.1, 0.15) is 18.7 Å². The average Bonchev–Trinajstić information content (AvgIpc) is 3.40. The molecule has 1 aromatic carbocycles. The third-order valence-corrected chi connectivity index (χ3v) is 4.52. The van der Waals surface area contributed by atoms with Gasteiger partial charge in [0.15, 0.2) is 6.61 Å². The molecule has 1 N–H and O–H groups in total. The van der Waals surface area contributed by atoms with Crippen molar-refractivity contribution in [3.63, 3.8) is 0 Å². The second-order valence-electron chi connectivity index (χ2n) is 6.53. The topological polar surface area (TPSA) is 76.3 Å². The Bertz CT molecular complexity index is 829. The van der Waals surface area contributed by atoms with Crippen molar-refractivity contribution in [2.24, 2.45) is 0 Å². The van der Waals surface area contributed by atoms with Gasteiger partial charge in [0.2, 0.25) is 5.82 Å². The van der Waals surface area contributed by atoms with Gasteiger partial charge in [0.1, 0.15) is 11.6 Å². The molecule has 7 heteroatoms. The molecule has 3 aromatic rings. The second-order valence-corrected chi connectivity index (χ2v) is 6.53. The highest BCUT2D eigenvalue weighted by Gasteiger charge is 2.11. The van der Waals surface area contributed by atoms with Crippen LogP contribution in [0.3, 0.4) is 0 Å². The van der Waals surface area contributed by atoms with E-state index >= 15 is 0 Å². The minimum atomic E-state index is 0.261. The lowest BCUT2D eigenvalue weighted by Crippen LogP contribution is -2.26. The standard InChI is InChI=1S/C20H23N5O2/c1-2-6-17(7-3-1)26-15-19-23-20(27-24-19)16-8-9-18(22-14-16)21-10-13-25-11-4-5-12-25/h1-3,6-9,14H,4-5,10-13,15H2,(H,21,22). The zero-order chi connectivity index (χ0) is 18.3. The summed E-state index contributed by atoms with van der Waals surface area (Å²) in [5, 5.41) is 7.32. The number of likely N-dealkylation sites (tertiary alicyclic amines) is 1. The van der Waals surface area contributed by atoms with Gasteiger partial charge >= 0.3 is 0 Å². The molecule has 0 spiro atoms. The van der Waals surface area contributed by atoms with Gasteiger partial charge in [-0.15, -0.1) is 0 Å². The maximum atomic E-state index is 5.63. The van der Waals surface area contributed by atoms with Gasteiger partial charge in [-0.05, 0) is 50.2 Å². The van der Waals surface area contributed by atoms with Crippen LogP contribution >= 0.6 is 0 Å². The predicted octanol–water partition coefficient (Wildman–Crippen LogP) is 3.22. The Morgan fingerprint density at radius 2 is 1.93 bits per heavy atom. The highest BCUT2D eigenvalue weighted by atomic mass is 16.5. The van der Waals surface area contributed by atoms with E-state index in [1.54, 1.807) is 6.20 Å². The van der Waals surface area contributed by atoms with Gasteiger partial charge in [0.25, 0.3) is 5.89 Å². The predicted molar refractivity (Wildman–Crippen MR) is 102 cm³/mol. The summed E-state index contributed by atoms with van der Waals surface area (Å²) in [6, 6.07) is 13.4. The van der Waals surface area contributed by atoms with Crippen molar-refractivity contribution in [3.8, 4) is 17.2 Å². The van der Waals surface area contributed by atoms with Crippen molar-refractivity contribution in [3.05, 3.63) is 54.5 Å². The van der Waals surface area contributed by atoms with E-state index in [0.717, 1.165) is 30.2 Å². The number of benzene rings is 1. The van der Waals surface area contributed by atoms with E-state index in [-0.39, 0.29) is 6.61 Å². The van der Waals surface area contributed by atoms with Crippen molar-refractivity contribution in [1.29, 1.82) is 0 Å². The molecule has 0 atom stereocenters. The van der Waals surface area contributed by atoms with Crippen LogP contribution in [-0.2, 0) is 6.61 Å². The summed E-state index contributed by atoms with van der Waals surface area (Å²) in [7, 11) is 0. The molecule has 1 aliphatic heterocycles. The average molecular weight is 365 g/mol. The van der Waals surface area contributed by atoms with Crippen LogP contribution in [0.15, 0.2) is 53.2 Å². The number of nitrogens with zero attached hydrogens (tertiary/aromatic N) is 4. The fourth-order valence-electron chi connectivity index (χ4n) is 3.07. The molecule has 4 rings (SSSR count). The number of hydrogen-bond donors (Lipinski definition) is 1. The molecule has 1 fully saturated rings. The molecule has 0 aliphatic carbocycles. The van der Waals surface area contributed by atoms with E-state index in [1.165, 1.54) is 25.9 Å². The van der Waals surface area contributed by atoms with E-state index in [1.807, 2.05) is 42.5 Å². The minimum absolute atomic E-state index is 0.261. The van der Waals surface area contributed by atoms with Gasteiger partial charge in [-0.1, -0.05) is 23.4 Å². The lowest BCUT2D eigenvalue weighted by atomic mass is 10.3. The summed E-state index contributed by atoms with van der Waals surface area (Å²) in [4.78, 5) is 11.3. The zero-order valence-corrected chi connectivity index (χ0v) is 15.2. The molecule has 7 nitrogen and oxygen atoms in total. The van der Waals surface area contributed by atoms with Crippen LogP contribution in [0.2, 0.25) is 0 Å². The van der Waals surface area contributed by atoms with Gasteiger partial charge in [0.05, 0.1) is 5.56 Å². The summed E-state index contributed by atoms with van der Waals surface area (Å²) >= 11 is 0. The molecule has 140 valence electrons. The van der Waals surface area contributed by atoms with Crippen LogP contribution in [0.4, 0.5) is 5.82 Å². The van der Waals surface area contributed by atoms with E-state index in [9.17, 15) is 0 Å². The highest BCUT2D eigenvalue weighted by molar-refractivity contribution is 5.54. The summed E-state index contributed by atoms with van der Waals surface area (Å²) < 4.78 is 11.0. The Morgan fingerprint density at radius 1 is 1.07 bits per heavy atom. The first-order valence-corrected chi connectivity index (χ1v) is 9.30. The molecule has 0 bridgehead atoms. The third-order valence-electron chi connectivity index (χ3n) is 4.52. The van der Waals surface area contributed by atoms with E-state index in [2.05, 4.69) is 25.3 Å². The summed E-state index contributed by atoms with van der Waals surface area (Å²) in [6.07, 6.45) is 4.37. The molecule has 0 saturated carbocycles. The van der Waals surface area contributed by atoms with E-state index < -0.39 is 0 Å². The molecule has 27 heavy (non-hydrogen) atoms. The third kappa shape index (κ3) is 4.83. The number of ether oxygens (including phenoxy) is 1. The first-order valence-electron chi connectivity index (χ1n) is 9.30. The van der Waals surface area contributed by atoms with Crippen LogP contribution < -0.4 is 10.1 Å². The monoisotopic (exact) mass is 365 g/mol. The number of aromatic nitrogens is 3. The normalized spacial score (nSPS) is 14.4. The van der Waals surface area contributed by atoms with Crippen LogP contribution in [0.25, 0.3) is 11.5 Å². The Labute approximate surface area is 158 Å². The van der Waals surface area contributed by atoms with Gasteiger partial charge in [-0.3, -0.25) is 0 Å². The fourth-order valence-corrected chi connectivity index (χ4v) is 3.07. The maximum Gasteiger partial charge on any atom is 0.259 e. The van der Waals surface area contributed by atoms with Crippen molar-refractivity contribution in [1.82, 2.24) is 20.0 Å². The van der Waals surface area contributed by atoms with Gasteiger partial charge in [0, 0.05) is 19.3 Å². The highest BCUT2D eigenvalue weighted by Crippen LogP contribution is 2.18. The molecule has 0 radical (unpaired) electrons. The Balaban J connectivity index is 1.29. The summed E-state index contributed by atoms with van der Waals surface area (Å²) in [5.41, 5.74) is 0.790. The molecule has 1 aliphatic rings. The molecule has 0 unspecified atom stereocenters. The molecular formula is C20H23N5O2. The summed E-state index contributed by atoms with van der Waals surface area (Å²) in [6.45, 7) is 4.63. The SMILES string of the molecule is c1ccc(OCc2noc(-c3ccc(NCCN4CCCC4)nc3)n2)cc1. The Hall–Kier alpha value is -2.93. The van der Waals surface area contributed by atoms with E-state index in [0.29, 0.717) is 11.7 Å². The van der Waals surface area contributed by atoms with Crippen molar-refractivity contribution < 1.29 is 9.26 Å². The smallest absolute Gasteiger partial charge is 0.259 e. The van der Waals surface area contributed by atoms with Gasteiger partial charge < -0.3 is 19.5 Å². The van der Waals surface area contributed by atoms with Gasteiger partial charge in [-0.25, -0.2) is 4.98 Å². The largest absolute Gasteiger partial charge is 0.485 e. The molecular weight excluding hydrogens is 342 g/mol. The minimum Gasteiger partial charge on any atom is -0.485 e. The Kier molecular flexibility index (Phi) is 5.59. The second kappa shape index (κ2) is 8.64. The number of hydrogen-bond acceptors (Lipinski definition) is 7. The molecule has 2 aromatic heterocycles. The van der Waals surface area contributed by atoms with Crippen LogP contribution in [0, 0.1) is 0 Å². The quantitative estimate of drug-likeness (QED) is 0.657. The van der Waals surface area contributed by atoms with Crippen LogP contribution in [0.5, 0.6) is 5.75 Å². The first kappa shape index (κ1) is 17.5. The summed E-state index contributed by atoms with van der Waals surface area (Å²) in [5.74, 6) is 2.57. The van der Waals surface area contributed by atoms with Crippen LogP contribution in [-0.4, -0.2) is 46.2 Å². The molecule has 0 amide bonds. The lowest BCUT2D eigenvalue weighted by Gasteiger charge is -2.14. The number of rotatable bonds is 8. The number of pyridine rings is 1. The van der Waals surface area contributed by atoms with Crippen molar-refractivity contribution >= 4 is 5.82 Å².